The fourth-order valence-electron chi connectivity index (χ4n) is 1.43. The van der Waals surface area contributed by atoms with E-state index in [0.717, 1.165) is 25.3 Å². The van der Waals surface area contributed by atoms with Gasteiger partial charge in [0.2, 0.25) is 0 Å². The predicted octanol–water partition coefficient (Wildman–Crippen LogP) is 0.721. The van der Waals surface area contributed by atoms with Crippen LogP contribution < -0.4 is 0 Å². The number of amides is 1. The second-order valence-corrected chi connectivity index (χ2v) is 4.77. The van der Waals surface area contributed by atoms with E-state index in [1.165, 1.54) is 6.92 Å². The molecule has 3 nitrogen and oxygen atoms in total. The lowest BCUT2D eigenvalue weighted by Crippen LogP contribution is -2.45. The van der Waals surface area contributed by atoms with Crippen LogP contribution in [0.5, 0.6) is 0 Å². The van der Waals surface area contributed by atoms with Crippen LogP contribution in [-0.2, 0) is 4.79 Å². The highest BCUT2D eigenvalue weighted by molar-refractivity contribution is 8.00. The first-order valence-electron chi connectivity index (χ1n) is 4.73. The minimum Gasteiger partial charge on any atom is -0.384 e. The van der Waals surface area contributed by atoms with Gasteiger partial charge in [-0.1, -0.05) is 6.92 Å². The van der Waals surface area contributed by atoms with Gasteiger partial charge >= 0.3 is 0 Å². The van der Waals surface area contributed by atoms with Gasteiger partial charge in [0.05, 0.1) is 0 Å². The van der Waals surface area contributed by atoms with Crippen molar-refractivity contribution in [3.63, 3.8) is 0 Å². The van der Waals surface area contributed by atoms with Gasteiger partial charge < -0.3 is 10.0 Å². The largest absolute Gasteiger partial charge is 0.384 e. The second-order valence-electron chi connectivity index (χ2n) is 3.36. The smallest absolute Gasteiger partial charge is 0.251 e. The van der Waals surface area contributed by atoms with Crippen molar-refractivity contribution in [1.82, 2.24) is 4.90 Å². The lowest BCUT2D eigenvalue weighted by atomic mass is 10.2. The zero-order valence-corrected chi connectivity index (χ0v) is 9.01. The Morgan fingerprint density at radius 1 is 1.77 bits per heavy atom. The summed E-state index contributed by atoms with van der Waals surface area (Å²) in [5.41, 5.74) is 0. The van der Waals surface area contributed by atoms with E-state index in [9.17, 15) is 4.79 Å². The summed E-state index contributed by atoms with van der Waals surface area (Å²) in [4.78, 5) is 13.2. The quantitative estimate of drug-likeness (QED) is 0.719. The molecule has 0 aliphatic carbocycles. The maximum absolute atomic E-state index is 11.4. The topological polar surface area (TPSA) is 40.5 Å². The summed E-state index contributed by atoms with van der Waals surface area (Å²) in [6.07, 6.45) is 0.245. The van der Waals surface area contributed by atoms with Crippen LogP contribution in [0.25, 0.3) is 0 Å². The molecule has 13 heavy (non-hydrogen) atoms. The molecule has 1 saturated heterocycles. The first kappa shape index (κ1) is 10.9. The van der Waals surface area contributed by atoms with Crippen molar-refractivity contribution in [2.75, 3.05) is 18.8 Å². The standard InChI is InChI=1S/C9H17NO2S/c1-3-8-6-10(4-5-13-8)9(12)7(2)11/h7-8,11H,3-6H2,1-2H3/t7-,8?/m1/s1. The molecule has 1 aliphatic heterocycles. The Kier molecular flexibility index (Phi) is 4.06. The fraction of sp³-hybridized carbons (Fsp3) is 0.889. The lowest BCUT2D eigenvalue weighted by Gasteiger charge is -2.32. The molecule has 1 N–H and O–H groups in total. The van der Waals surface area contributed by atoms with Crippen LogP contribution in [0.2, 0.25) is 0 Å². The lowest BCUT2D eigenvalue weighted by molar-refractivity contribution is -0.139. The van der Waals surface area contributed by atoms with Crippen molar-refractivity contribution in [2.24, 2.45) is 0 Å². The molecule has 4 heteroatoms. The highest BCUT2D eigenvalue weighted by Crippen LogP contribution is 2.21. The summed E-state index contributed by atoms with van der Waals surface area (Å²) in [5, 5.41) is 9.69. The summed E-state index contributed by atoms with van der Waals surface area (Å²) in [7, 11) is 0. The molecule has 1 unspecified atom stereocenters. The number of hydrogen-bond donors (Lipinski definition) is 1. The Hall–Kier alpha value is -0.220. The first-order valence-corrected chi connectivity index (χ1v) is 5.78. The number of carbonyl (C=O) groups is 1. The molecule has 2 atom stereocenters. The zero-order valence-electron chi connectivity index (χ0n) is 8.19. The van der Waals surface area contributed by atoms with Gasteiger partial charge in [-0.25, -0.2) is 0 Å². The van der Waals surface area contributed by atoms with Crippen molar-refractivity contribution in [3.8, 4) is 0 Å². The molecule has 1 amide bonds. The van der Waals surface area contributed by atoms with E-state index in [2.05, 4.69) is 6.92 Å². The Morgan fingerprint density at radius 2 is 2.46 bits per heavy atom. The van der Waals surface area contributed by atoms with E-state index in [1.54, 1.807) is 4.90 Å². The number of thioether (sulfide) groups is 1. The molecule has 1 heterocycles. The van der Waals surface area contributed by atoms with Crippen molar-refractivity contribution >= 4 is 17.7 Å². The molecule has 0 aromatic heterocycles. The molecule has 76 valence electrons. The normalized spacial score (nSPS) is 25.8. The van der Waals surface area contributed by atoms with Crippen molar-refractivity contribution in [3.05, 3.63) is 0 Å². The number of hydrogen-bond acceptors (Lipinski definition) is 3. The second kappa shape index (κ2) is 4.86. The van der Waals surface area contributed by atoms with Crippen molar-refractivity contribution in [2.45, 2.75) is 31.6 Å². The van der Waals surface area contributed by atoms with E-state index in [-0.39, 0.29) is 5.91 Å². The third-order valence-corrected chi connectivity index (χ3v) is 3.64. The van der Waals surface area contributed by atoms with Gasteiger partial charge in [0, 0.05) is 24.1 Å². The Balaban J connectivity index is 2.46. The van der Waals surface area contributed by atoms with Crippen LogP contribution in [-0.4, -0.2) is 46.1 Å². The van der Waals surface area contributed by atoms with Gasteiger partial charge in [-0.15, -0.1) is 0 Å². The summed E-state index contributed by atoms with van der Waals surface area (Å²) in [5.74, 6) is 0.871. The summed E-state index contributed by atoms with van der Waals surface area (Å²) >= 11 is 1.92. The highest BCUT2D eigenvalue weighted by Gasteiger charge is 2.24. The Bertz CT molecular complexity index is 184. The molecule has 0 radical (unpaired) electrons. The Labute approximate surface area is 83.5 Å². The third kappa shape index (κ3) is 2.88. The number of nitrogens with zero attached hydrogens (tertiary/aromatic N) is 1. The molecule has 1 fully saturated rings. The summed E-state index contributed by atoms with van der Waals surface area (Å²) < 4.78 is 0. The number of carbonyl (C=O) groups excluding carboxylic acids is 1. The predicted molar refractivity (Wildman–Crippen MR) is 54.8 cm³/mol. The first-order chi connectivity index (χ1) is 6.15. The van der Waals surface area contributed by atoms with Crippen molar-refractivity contribution in [1.29, 1.82) is 0 Å². The minimum atomic E-state index is -0.847. The summed E-state index contributed by atoms with van der Waals surface area (Å²) in [6, 6.07) is 0. The SMILES string of the molecule is CCC1CN(C(=O)[C@@H](C)O)CCS1. The van der Waals surface area contributed by atoms with Gasteiger partial charge in [0.25, 0.3) is 5.91 Å². The minimum absolute atomic E-state index is 0.126. The average molecular weight is 203 g/mol. The molecule has 0 aromatic carbocycles. The van der Waals surface area contributed by atoms with Crippen LogP contribution in [0.3, 0.4) is 0 Å². The fourth-order valence-corrected chi connectivity index (χ4v) is 2.61. The van der Waals surface area contributed by atoms with E-state index >= 15 is 0 Å². The van der Waals surface area contributed by atoms with E-state index in [0.29, 0.717) is 5.25 Å². The van der Waals surface area contributed by atoms with Crippen LogP contribution in [0, 0.1) is 0 Å². The zero-order chi connectivity index (χ0) is 9.84. The maximum Gasteiger partial charge on any atom is 0.251 e. The van der Waals surface area contributed by atoms with Crippen LogP contribution in [0.15, 0.2) is 0 Å². The number of aliphatic hydroxyl groups excluding tert-OH is 1. The molecule has 0 aromatic rings. The monoisotopic (exact) mass is 203 g/mol. The van der Waals surface area contributed by atoms with Crippen molar-refractivity contribution < 1.29 is 9.90 Å². The molecule has 0 spiro atoms. The van der Waals surface area contributed by atoms with E-state index in [4.69, 9.17) is 5.11 Å². The molecule has 1 rings (SSSR count). The third-order valence-electron chi connectivity index (χ3n) is 2.26. The van der Waals surface area contributed by atoms with Gasteiger partial charge in [-0.2, -0.15) is 11.8 Å². The van der Waals surface area contributed by atoms with Crippen LogP contribution >= 0.6 is 11.8 Å². The number of aliphatic hydroxyl groups is 1. The van der Waals surface area contributed by atoms with Crippen LogP contribution in [0.4, 0.5) is 0 Å². The van der Waals surface area contributed by atoms with Gasteiger partial charge in [-0.05, 0) is 13.3 Å². The van der Waals surface area contributed by atoms with Gasteiger partial charge in [-0.3, -0.25) is 4.79 Å². The van der Waals surface area contributed by atoms with Gasteiger partial charge in [0.1, 0.15) is 6.10 Å². The maximum atomic E-state index is 11.4. The Morgan fingerprint density at radius 3 is 3.00 bits per heavy atom. The average Bonchev–Trinajstić information content (AvgIpc) is 2.16. The molecule has 0 bridgehead atoms. The summed E-state index contributed by atoms with van der Waals surface area (Å²) in [6.45, 7) is 5.24. The van der Waals surface area contributed by atoms with E-state index in [1.807, 2.05) is 11.8 Å². The van der Waals surface area contributed by atoms with Crippen LogP contribution in [0.1, 0.15) is 20.3 Å². The molecule has 0 saturated carbocycles. The molecular formula is C9H17NO2S. The molecule has 1 aliphatic rings. The number of rotatable bonds is 2. The van der Waals surface area contributed by atoms with E-state index < -0.39 is 6.10 Å². The highest BCUT2D eigenvalue weighted by atomic mass is 32.2. The van der Waals surface area contributed by atoms with Gasteiger partial charge in [0.15, 0.2) is 0 Å². The molecular weight excluding hydrogens is 186 g/mol.